The Hall–Kier alpha value is -3.67. The number of carbonyl (C=O) groups excluding carboxylic acids is 1. The molecular weight excluding hydrogens is 388 g/mol. The number of alkyl halides is 2. The molecule has 30 heavy (non-hydrogen) atoms. The number of amides is 1. The Balaban J connectivity index is 1.74. The van der Waals surface area contributed by atoms with Crippen molar-refractivity contribution in [1.82, 2.24) is 0 Å². The Bertz CT molecular complexity index is 1080. The third kappa shape index (κ3) is 3.89. The highest BCUT2D eigenvalue weighted by atomic mass is 19.3. The molecule has 3 aromatic carbocycles. The maximum absolute atomic E-state index is 12.9. The maximum atomic E-state index is 12.9. The molecule has 0 aliphatic carbocycles. The van der Waals surface area contributed by atoms with Crippen LogP contribution in [0.5, 0.6) is 11.5 Å². The molecule has 1 amide bonds. The van der Waals surface area contributed by atoms with E-state index in [0.29, 0.717) is 29.0 Å². The van der Waals surface area contributed by atoms with Gasteiger partial charge in [0.2, 0.25) is 0 Å². The van der Waals surface area contributed by atoms with Gasteiger partial charge in [0.25, 0.3) is 5.91 Å². The topological polar surface area (TPSA) is 47.6 Å². The van der Waals surface area contributed by atoms with Crippen molar-refractivity contribution in [2.45, 2.75) is 19.1 Å². The van der Waals surface area contributed by atoms with Gasteiger partial charge in [-0.1, -0.05) is 36.4 Å². The molecule has 3 aromatic rings. The van der Waals surface area contributed by atoms with Gasteiger partial charge >= 0.3 is 6.61 Å². The van der Waals surface area contributed by atoms with E-state index in [0.717, 1.165) is 11.1 Å². The summed E-state index contributed by atoms with van der Waals surface area (Å²) < 4.78 is 36.6. The molecular formula is C24H19F2NO3. The molecule has 1 N–H and O–H groups in total. The largest absolute Gasteiger partial charge is 0.485 e. The minimum Gasteiger partial charge on any atom is -0.485 e. The second-order valence-electron chi connectivity index (χ2n) is 6.76. The normalized spacial score (nSPS) is 14.3. The molecule has 1 atom stereocenters. The highest BCUT2D eigenvalue weighted by Crippen LogP contribution is 2.49. The fraction of sp³-hybridized carbons (Fsp3) is 0.125. The summed E-state index contributed by atoms with van der Waals surface area (Å²) in [4.78, 5) is 12.5. The van der Waals surface area contributed by atoms with Gasteiger partial charge in [0.1, 0.15) is 17.6 Å². The van der Waals surface area contributed by atoms with Crippen molar-refractivity contribution in [3.05, 3.63) is 90.5 Å². The van der Waals surface area contributed by atoms with Crippen molar-refractivity contribution in [3.63, 3.8) is 0 Å². The van der Waals surface area contributed by atoms with Crippen LogP contribution in [-0.2, 0) is 0 Å². The monoisotopic (exact) mass is 407 g/mol. The Morgan fingerprint density at radius 2 is 1.93 bits per heavy atom. The molecule has 0 spiro atoms. The molecule has 4 nitrogen and oxygen atoms in total. The Morgan fingerprint density at radius 3 is 2.67 bits per heavy atom. The van der Waals surface area contributed by atoms with Crippen LogP contribution < -0.4 is 14.8 Å². The lowest BCUT2D eigenvalue weighted by atomic mass is 9.90. The Kier molecular flexibility index (Phi) is 5.48. The van der Waals surface area contributed by atoms with Crippen LogP contribution in [0.25, 0.3) is 11.1 Å². The number of hydrogen-bond donors (Lipinski definition) is 1. The van der Waals surface area contributed by atoms with Crippen LogP contribution in [0.2, 0.25) is 0 Å². The maximum Gasteiger partial charge on any atom is 0.387 e. The van der Waals surface area contributed by atoms with Crippen LogP contribution in [-0.4, -0.2) is 12.5 Å². The predicted molar refractivity (Wildman–Crippen MR) is 111 cm³/mol. The van der Waals surface area contributed by atoms with E-state index in [1.165, 1.54) is 6.07 Å². The zero-order valence-corrected chi connectivity index (χ0v) is 16.0. The number of carbonyl (C=O) groups is 1. The number of hydrogen-bond acceptors (Lipinski definition) is 3. The van der Waals surface area contributed by atoms with Crippen molar-refractivity contribution in [2.75, 3.05) is 5.32 Å². The molecule has 0 aromatic heterocycles. The summed E-state index contributed by atoms with van der Waals surface area (Å²) in [5.41, 5.74) is 3.06. The second-order valence-corrected chi connectivity index (χ2v) is 6.76. The number of anilines is 1. The summed E-state index contributed by atoms with van der Waals surface area (Å²) in [5.74, 6) is 0.269. The van der Waals surface area contributed by atoms with E-state index in [9.17, 15) is 13.6 Å². The molecule has 1 aliphatic rings. The van der Waals surface area contributed by atoms with E-state index in [-0.39, 0.29) is 17.8 Å². The zero-order chi connectivity index (χ0) is 21.1. The van der Waals surface area contributed by atoms with E-state index in [4.69, 9.17) is 9.47 Å². The van der Waals surface area contributed by atoms with E-state index in [2.05, 4.69) is 11.9 Å². The first-order chi connectivity index (χ1) is 14.6. The number of nitrogens with one attached hydrogen (secondary N) is 1. The lowest BCUT2D eigenvalue weighted by Gasteiger charge is -2.30. The number of halogens is 2. The SMILES string of the molecule is C=CCC1Oc2cccc(OC(F)F)c2-c2ccc(NC(=O)c3ccccc3)cc21. The van der Waals surface area contributed by atoms with Crippen LogP contribution in [0.4, 0.5) is 14.5 Å². The van der Waals surface area contributed by atoms with Crippen molar-refractivity contribution < 1.29 is 23.0 Å². The molecule has 0 fully saturated rings. The first kappa shape index (κ1) is 19.6. The highest BCUT2D eigenvalue weighted by molar-refractivity contribution is 6.04. The van der Waals surface area contributed by atoms with Crippen molar-refractivity contribution in [2.24, 2.45) is 0 Å². The van der Waals surface area contributed by atoms with E-state index < -0.39 is 6.61 Å². The van der Waals surface area contributed by atoms with E-state index in [1.807, 2.05) is 6.07 Å². The van der Waals surface area contributed by atoms with Gasteiger partial charge in [-0.3, -0.25) is 4.79 Å². The lowest BCUT2D eigenvalue weighted by molar-refractivity contribution is -0.0496. The second kappa shape index (κ2) is 8.37. The summed E-state index contributed by atoms with van der Waals surface area (Å²) in [7, 11) is 0. The summed E-state index contributed by atoms with van der Waals surface area (Å²) in [6.07, 6.45) is 1.89. The number of ether oxygens (including phenoxy) is 2. The van der Waals surface area contributed by atoms with E-state index in [1.54, 1.807) is 60.7 Å². The van der Waals surface area contributed by atoms with Crippen LogP contribution in [0.1, 0.15) is 28.4 Å². The first-order valence-corrected chi connectivity index (χ1v) is 9.43. The fourth-order valence-electron chi connectivity index (χ4n) is 3.54. The van der Waals surface area contributed by atoms with Crippen LogP contribution in [0, 0.1) is 0 Å². The molecule has 152 valence electrons. The third-order valence-electron chi connectivity index (χ3n) is 4.82. The summed E-state index contributed by atoms with van der Waals surface area (Å²) in [5, 5.41) is 2.87. The van der Waals surface area contributed by atoms with Crippen LogP contribution >= 0.6 is 0 Å². The molecule has 0 saturated heterocycles. The number of rotatable bonds is 6. The summed E-state index contributed by atoms with van der Waals surface area (Å²) in [6, 6.07) is 19.0. The molecule has 0 bridgehead atoms. The van der Waals surface area contributed by atoms with Gasteiger partial charge in [-0.05, 0) is 42.0 Å². The van der Waals surface area contributed by atoms with Crippen molar-refractivity contribution in [1.29, 1.82) is 0 Å². The Morgan fingerprint density at radius 1 is 1.13 bits per heavy atom. The molecule has 6 heteroatoms. The molecule has 1 heterocycles. The quantitative estimate of drug-likeness (QED) is 0.494. The average Bonchev–Trinajstić information content (AvgIpc) is 2.74. The van der Waals surface area contributed by atoms with Gasteiger partial charge in [0, 0.05) is 23.2 Å². The lowest BCUT2D eigenvalue weighted by Crippen LogP contribution is -2.17. The summed E-state index contributed by atoms with van der Waals surface area (Å²) >= 11 is 0. The molecule has 1 aliphatic heterocycles. The predicted octanol–water partition coefficient (Wildman–Crippen LogP) is 6.22. The van der Waals surface area contributed by atoms with Gasteiger partial charge in [0.15, 0.2) is 0 Å². The standard InChI is InChI=1S/C24H19F2NO3/c1-2-7-19-18-14-16(27-23(28)15-8-4-3-5-9-15)12-13-17(18)22-20(29-19)10-6-11-21(22)30-24(25)26/h2-6,8-14,19,24H,1,7H2,(H,27,28). The Labute approximate surface area is 172 Å². The first-order valence-electron chi connectivity index (χ1n) is 9.43. The molecule has 1 unspecified atom stereocenters. The average molecular weight is 407 g/mol. The van der Waals surface area contributed by atoms with Gasteiger partial charge in [-0.2, -0.15) is 8.78 Å². The smallest absolute Gasteiger partial charge is 0.387 e. The number of fused-ring (bicyclic) bond motifs is 3. The van der Waals surface area contributed by atoms with Crippen LogP contribution in [0.15, 0.2) is 79.4 Å². The zero-order valence-electron chi connectivity index (χ0n) is 16.0. The fourth-order valence-corrected chi connectivity index (χ4v) is 3.54. The number of benzene rings is 3. The minimum absolute atomic E-state index is 0.0434. The van der Waals surface area contributed by atoms with E-state index >= 15 is 0 Å². The molecule has 4 rings (SSSR count). The van der Waals surface area contributed by atoms with Gasteiger partial charge in [0.05, 0.1) is 5.56 Å². The third-order valence-corrected chi connectivity index (χ3v) is 4.82. The van der Waals surface area contributed by atoms with Crippen molar-refractivity contribution in [3.8, 4) is 22.6 Å². The molecule has 0 saturated carbocycles. The highest BCUT2D eigenvalue weighted by Gasteiger charge is 2.29. The van der Waals surface area contributed by atoms with Gasteiger partial charge in [-0.25, -0.2) is 0 Å². The summed E-state index contributed by atoms with van der Waals surface area (Å²) in [6.45, 7) is 0.829. The minimum atomic E-state index is -2.95. The van der Waals surface area contributed by atoms with Gasteiger partial charge < -0.3 is 14.8 Å². The van der Waals surface area contributed by atoms with Crippen LogP contribution in [0.3, 0.4) is 0 Å². The van der Waals surface area contributed by atoms with Gasteiger partial charge in [-0.15, -0.1) is 6.58 Å². The molecule has 0 radical (unpaired) electrons. The van der Waals surface area contributed by atoms with Crippen molar-refractivity contribution >= 4 is 11.6 Å².